The van der Waals surface area contributed by atoms with Crippen LogP contribution >= 0.6 is 11.6 Å². The van der Waals surface area contributed by atoms with E-state index in [9.17, 15) is 9.00 Å². The third-order valence-corrected chi connectivity index (χ3v) is 7.49. The normalized spacial score (nSPS) is 17.4. The Bertz CT molecular complexity index is 1250. The zero-order valence-corrected chi connectivity index (χ0v) is 23.3. The zero-order chi connectivity index (χ0) is 26.9. The molecule has 2 aromatic carbocycles. The molecule has 0 radical (unpaired) electrons. The largest absolute Gasteiger partial charge is 0.378 e. The minimum Gasteiger partial charge on any atom is -0.378 e. The molecule has 0 bridgehead atoms. The molecule has 1 atom stereocenters. The lowest BCUT2D eigenvalue weighted by atomic mass is 10.1. The van der Waals surface area contributed by atoms with Crippen LogP contribution in [-0.2, 0) is 20.5 Å². The van der Waals surface area contributed by atoms with Crippen LogP contribution < -0.4 is 14.5 Å². The molecule has 5 rings (SSSR count). The second-order valence-electron chi connectivity index (χ2n) is 8.82. The number of aromatic nitrogens is 1. The Hall–Kier alpha value is -2.98. The number of halogens is 1. The Balaban J connectivity index is 0.00000107. The van der Waals surface area contributed by atoms with Gasteiger partial charge in [-0.3, -0.25) is 14.1 Å². The van der Waals surface area contributed by atoms with E-state index in [1.54, 1.807) is 46.9 Å². The molecular weight excluding hydrogens is 524 g/mol. The molecular formula is C28H33ClN4O4S. The lowest BCUT2D eigenvalue weighted by Gasteiger charge is -2.30. The molecule has 1 N–H and O–H groups in total. The lowest BCUT2D eigenvalue weighted by Crippen LogP contribution is -2.36. The van der Waals surface area contributed by atoms with E-state index in [0.29, 0.717) is 42.6 Å². The van der Waals surface area contributed by atoms with Gasteiger partial charge in [0.15, 0.2) is 0 Å². The summed E-state index contributed by atoms with van der Waals surface area (Å²) in [4.78, 5) is 19.8. The number of amides is 1. The van der Waals surface area contributed by atoms with Gasteiger partial charge in [-0.05, 0) is 54.6 Å². The quantitative estimate of drug-likeness (QED) is 0.455. The van der Waals surface area contributed by atoms with Gasteiger partial charge >= 0.3 is 0 Å². The van der Waals surface area contributed by atoms with E-state index in [1.807, 2.05) is 18.2 Å². The average Bonchev–Trinajstić information content (AvgIpc) is 2.95. The monoisotopic (exact) mass is 556 g/mol. The van der Waals surface area contributed by atoms with E-state index in [0.717, 1.165) is 35.7 Å². The van der Waals surface area contributed by atoms with Crippen LogP contribution in [0.5, 0.6) is 0 Å². The fourth-order valence-corrected chi connectivity index (χ4v) is 5.35. The number of hydrogen-bond donors (Lipinski definition) is 1. The summed E-state index contributed by atoms with van der Waals surface area (Å²) >= 11 is 6.56. The molecule has 8 nitrogen and oxygen atoms in total. The summed E-state index contributed by atoms with van der Waals surface area (Å²) in [5.41, 5.74) is 4.40. The molecule has 38 heavy (non-hydrogen) atoms. The summed E-state index contributed by atoms with van der Waals surface area (Å²) in [6, 6.07) is 16.4. The number of pyridine rings is 1. The molecule has 0 spiro atoms. The van der Waals surface area contributed by atoms with Crippen molar-refractivity contribution in [3.8, 4) is 11.3 Å². The maximum Gasteiger partial charge on any atom is 0.255 e. The molecule has 2 saturated heterocycles. The molecule has 0 aliphatic carbocycles. The Morgan fingerprint density at radius 3 is 2.45 bits per heavy atom. The number of carbonyl (C=O) groups excluding carboxylic acids is 1. The number of ether oxygens (including phenoxy) is 2. The predicted octanol–water partition coefficient (Wildman–Crippen LogP) is 5.37. The van der Waals surface area contributed by atoms with Crippen molar-refractivity contribution in [2.75, 3.05) is 59.9 Å². The van der Waals surface area contributed by atoms with Gasteiger partial charge in [-0.2, -0.15) is 0 Å². The van der Waals surface area contributed by atoms with Crippen molar-refractivity contribution in [3.63, 3.8) is 0 Å². The second kappa shape index (κ2) is 13.7. The highest BCUT2D eigenvalue weighted by Crippen LogP contribution is 2.35. The van der Waals surface area contributed by atoms with E-state index < -0.39 is 11.0 Å². The molecule has 1 unspecified atom stereocenters. The van der Waals surface area contributed by atoms with Gasteiger partial charge in [0, 0.05) is 41.8 Å². The molecule has 3 heterocycles. The molecule has 1 amide bonds. The Morgan fingerprint density at radius 1 is 1.03 bits per heavy atom. The number of hydrogen-bond acceptors (Lipinski definition) is 6. The van der Waals surface area contributed by atoms with E-state index in [2.05, 4.69) is 29.0 Å². The smallest absolute Gasteiger partial charge is 0.255 e. The predicted molar refractivity (Wildman–Crippen MR) is 154 cm³/mol. The summed E-state index contributed by atoms with van der Waals surface area (Å²) in [5.74, 6) is -0.0626. The highest BCUT2D eigenvalue weighted by Gasteiger charge is 2.20. The van der Waals surface area contributed by atoms with E-state index in [-0.39, 0.29) is 11.8 Å². The Labute approximate surface area is 231 Å². The van der Waals surface area contributed by atoms with Crippen LogP contribution in [0.2, 0.25) is 5.02 Å². The highest BCUT2D eigenvalue weighted by molar-refractivity contribution is 7.86. The molecule has 0 saturated carbocycles. The van der Waals surface area contributed by atoms with E-state index in [1.165, 1.54) is 6.42 Å². The third kappa shape index (κ3) is 6.91. The summed E-state index contributed by atoms with van der Waals surface area (Å²) < 4.78 is 24.6. The van der Waals surface area contributed by atoms with Crippen molar-refractivity contribution in [1.29, 1.82) is 0 Å². The minimum absolute atomic E-state index is 0.185. The van der Waals surface area contributed by atoms with Crippen molar-refractivity contribution in [3.05, 3.63) is 71.4 Å². The Kier molecular flexibility index (Phi) is 10.1. The maximum absolute atomic E-state index is 12.9. The van der Waals surface area contributed by atoms with Crippen LogP contribution in [-0.4, -0.2) is 60.5 Å². The second-order valence-corrected chi connectivity index (χ2v) is 10.5. The fraction of sp³-hybridized carbons (Fsp3) is 0.357. The number of morpholine rings is 1. The lowest BCUT2D eigenvalue weighted by molar-refractivity contribution is 0.102. The third-order valence-electron chi connectivity index (χ3n) is 5.90. The van der Waals surface area contributed by atoms with Crippen molar-refractivity contribution in [2.24, 2.45) is 0 Å². The van der Waals surface area contributed by atoms with Gasteiger partial charge in [-0.25, -0.2) is 4.21 Å². The van der Waals surface area contributed by atoms with Crippen molar-refractivity contribution in [1.82, 2.24) is 4.98 Å². The number of rotatable bonds is 5. The topological polar surface area (TPSA) is 84.0 Å². The van der Waals surface area contributed by atoms with Gasteiger partial charge in [0.25, 0.3) is 5.91 Å². The first-order chi connectivity index (χ1) is 18.5. The molecule has 1 aromatic heterocycles. The van der Waals surface area contributed by atoms with Crippen LogP contribution in [0, 0.1) is 0 Å². The molecule has 3 aromatic rings. The van der Waals surface area contributed by atoms with Crippen molar-refractivity contribution >= 4 is 45.6 Å². The number of benzene rings is 2. The zero-order valence-electron chi connectivity index (χ0n) is 21.7. The van der Waals surface area contributed by atoms with Crippen LogP contribution in [0.25, 0.3) is 11.3 Å². The molecule has 2 fully saturated rings. The number of anilines is 3. The summed E-state index contributed by atoms with van der Waals surface area (Å²) in [6.07, 6.45) is 2.99. The standard InChI is InChI=1S/C25H25ClN4O4S.C3H8/c26-22-8-5-19(16-21(22)24-23(2-1-9-27-24)29-10-13-33-14-11-29)28-25(31)18-3-6-20(7-4-18)30-12-15-34-17-35(30)32;1-3-2/h1-9,16H,10-15,17H2,(H,28,31);3H2,1-2H3. The van der Waals surface area contributed by atoms with Crippen LogP contribution in [0.4, 0.5) is 17.1 Å². The van der Waals surface area contributed by atoms with Gasteiger partial charge in [-0.15, -0.1) is 0 Å². The average molecular weight is 557 g/mol. The van der Waals surface area contributed by atoms with Gasteiger partial charge in [0.05, 0.1) is 42.8 Å². The van der Waals surface area contributed by atoms with Crippen LogP contribution in [0.15, 0.2) is 60.8 Å². The summed E-state index contributed by atoms with van der Waals surface area (Å²) in [6.45, 7) is 8.21. The fourth-order valence-electron chi connectivity index (χ4n) is 4.12. The van der Waals surface area contributed by atoms with Crippen LogP contribution in [0.3, 0.4) is 0 Å². The number of nitrogens with zero attached hydrogens (tertiary/aromatic N) is 3. The van der Waals surface area contributed by atoms with E-state index in [4.69, 9.17) is 21.1 Å². The first kappa shape index (κ1) is 28.0. The first-order valence-electron chi connectivity index (χ1n) is 12.7. The van der Waals surface area contributed by atoms with Gasteiger partial charge in [0.1, 0.15) is 16.9 Å². The number of nitrogens with one attached hydrogen (secondary N) is 1. The van der Waals surface area contributed by atoms with Gasteiger partial charge < -0.3 is 19.7 Å². The molecule has 2 aliphatic rings. The molecule has 10 heteroatoms. The van der Waals surface area contributed by atoms with E-state index >= 15 is 0 Å². The SMILES string of the molecule is CCC.O=C(Nc1ccc(Cl)c(-c2ncccc2N2CCOCC2)c1)c1ccc(N2CCOCS2=O)cc1. The summed E-state index contributed by atoms with van der Waals surface area (Å²) in [7, 11) is -1.22. The van der Waals surface area contributed by atoms with Crippen LogP contribution in [0.1, 0.15) is 30.6 Å². The maximum atomic E-state index is 12.9. The first-order valence-corrected chi connectivity index (χ1v) is 14.4. The highest BCUT2D eigenvalue weighted by atomic mass is 35.5. The van der Waals surface area contributed by atoms with Crippen molar-refractivity contribution < 1.29 is 18.5 Å². The minimum atomic E-state index is -1.22. The van der Waals surface area contributed by atoms with Crippen molar-refractivity contribution in [2.45, 2.75) is 20.3 Å². The van der Waals surface area contributed by atoms with Gasteiger partial charge in [0.2, 0.25) is 0 Å². The number of carbonyl (C=O) groups is 1. The molecule has 202 valence electrons. The Morgan fingerprint density at radius 2 is 1.74 bits per heavy atom. The molecule has 2 aliphatic heterocycles. The van der Waals surface area contributed by atoms with Gasteiger partial charge in [-0.1, -0.05) is 31.9 Å². The summed E-state index contributed by atoms with van der Waals surface area (Å²) in [5, 5.41) is 3.50.